The summed E-state index contributed by atoms with van der Waals surface area (Å²) in [6.45, 7) is 5.68. The van der Waals surface area contributed by atoms with E-state index >= 15 is 0 Å². The second kappa shape index (κ2) is 11.3. The van der Waals surface area contributed by atoms with E-state index in [1.807, 2.05) is 35.7 Å². The minimum Gasteiger partial charge on any atom is -0.492 e. The van der Waals surface area contributed by atoms with E-state index in [0.29, 0.717) is 30.5 Å². The zero-order valence-corrected chi connectivity index (χ0v) is 17.8. The summed E-state index contributed by atoms with van der Waals surface area (Å²) in [5.41, 5.74) is 1.06. The Morgan fingerprint density at radius 3 is 2.63 bits per heavy atom. The lowest BCUT2D eigenvalue weighted by Gasteiger charge is -2.18. The highest BCUT2D eigenvalue weighted by Gasteiger charge is 2.16. The molecule has 2 N–H and O–H groups in total. The topological polar surface area (TPSA) is 50.4 Å². The molecule has 1 aromatic carbocycles. The van der Waals surface area contributed by atoms with E-state index in [-0.39, 0.29) is 11.9 Å². The van der Waals surface area contributed by atoms with Crippen molar-refractivity contribution in [2.75, 3.05) is 13.7 Å². The van der Waals surface area contributed by atoms with Crippen molar-refractivity contribution in [3.8, 4) is 5.75 Å². The molecule has 0 aliphatic rings. The lowest BCUT2D eigenvalue weighted by atomic mass is 10.1. The molecule has 1 unspecified atom stereocenters. The fraction of sp³-hybridized carbons (Fsp3) is 0.476. The van der Waals surface area contributed by atoms with Crippen LogP contribution in [0.1, 0.15) is 49.6 Å². The summed E-state index contributed by atoms with van der Waals surface area (Å²) in [5, 5.41) is 8.81. The summed E-state index contributed by atoms with van der Waals surface area (Å²) in [4.78, 5) is 13.0. The van der Waals surface area contributed by atoms with Crippen LogP contribution in [0.15, 0.2) is 35.7 Å². The Bertz CT molecular complexity index is 702. The highest BCUT2D eigenvalue weighted by Crippen LogP contribution is 2.27. The van der Waals surface area contributed by atoms with Crippen LogP contribution in [0.4, 0.5) is 0 Å². The number of carbonyl (C=O) groups is 1. The SMILES string of the molecule is CCC(CC)COc1ccc(CNC(CC(=O)NC)c2cccs2)cc1Cl. The molecule has 4 nitrogen and oxygen atoms in total. The number of amides is 1. The maximum absolute atomic E-state index is 11.8. The summed E-state index contributed by atoms with van der Waals surface area (Å²) < 4.78 is 5.88. The summed E-state index contributed by atoms with van der Waals surface area (Å²) in [7, 11) is 1.66. The molecule has 0 radical (unpaired) electrons. The van der Waals surface area contributed by atoms with Gasteiger partial charge < -0.3 is 15.4 Å². The predicted molar refractivity (Wildman–Crippen MR) is 114 cm³/mol. The monoisotopic (exact) mass is 408 g/mol. The first-order valence-electron chi connectivity index (χ1n) is 9.45. The van der Waals surface area contributed by atoms with Crippen LogP contribution < -0.4 is 15.4 Å². The van der Waals surface area contributed by atoms with Crippen LogP contribution >= 0.6 is 22.9 Å². The van der Waals surface area contributed by atoms with Crippen LogP contribution in [0.3, 0.4) is 0 Å². The van der Waals surface area contributed by atoms with E-state index in [0.717, 1.165) is 29.0 Å². The van der Waals surface area contributed by atoms with Gasteiger partial charge in [-0.2, -0.15) is 0 Å². The van der Waals surface area contributed by atoms with Crippen LogP contribution in [0.25, 0.3) is 0 Å². The predicted octanol–water partition coefficient (Wildman–Crippen LogP) is 5.18. The van der Waals surface area contributed by atoms with Crippen molar-refractivity contribution in [1.29, 1.82) is 0 Å². The van der Waals surface area contributed by atoms with Crippen LogP contribution in [-0.4, -0.2) is 19.6 Å². The van der Waals surface area contributed by atoms with Gasteiger partial charge in [0.05, 0.1) is 17.7 Å². The van der Waals surface area contributed by atoms with Crippen molar-refractivity contribution in [3.63, 3.8) is 0 Å². The Labute approximate surface area is 171 Å². The van der Waals surface area contributed by atoms with Crippen molar-refractivity contribution < 1.29 is 9.53 Å². The van der Waals surface area contributed by atoms with Gasteiger partial charge in [-0.15, -0.1) is 11.3 Å². The molecule has 1 aromatic heterocycles. The molecule has 2 aromatic rings. The van der Waals surface area contributed by atoms with Gasteiger partial charge >= 0.3 is 0 Å². The normalized spacial score (nSPS) is 12.2. The van der Waals surface area contributed by atoms with Gasteiger partial charge in [-0.25, -0.2) is 0 Å². The fourth-order valence-corrected chi connectivity index (χ4v) is 3.85. The second-order valence-electron chi connectivity index (χ2n) is 6.58. The van der Waals surface area contributed by atoms with Crippen molar-refractivity contribution in [2.45, 2.75) is 45.7 Å². The smallest absolute Gasteiger partial charge is 0.221 e. The number of ether oxygens (including phenoxy) is 1. The minimum absolute atomic E-state index is 0.0177. The van der Waals surface area contributed by atoms with Gasteiger partial charge in [-0.05, 0) is 35.1 Å². The highest BCUT2D eigenvalue weighted by molar-refractivity contribution is 7.10. The molecule has 0 fully saturated rings. The Morgan fingerprint density at radius 1 is 1.26 bits per heavy atom. The van der Waals surface area contributed by atoms with Gasteiger partial charge in [0.2, 0.25) is 5.91 Å². The van der Waals surface area contributed by atoms with Gasteiger partial charge in [-0.3, -0.25) is 4.79 Å². The van der Waals surface area contributed by atoms with Crippen molar-refractivity contribution in [3.05, 3.63) is 51.2 Å². The molecule has 27 heavy (non-hydrogen) atoms. The lowest BCUT2D eigenvalue weighted by molar-refractivity contribution is -0.121. The number of thiophene rings is 1. The summed E-state index contributed by atoms with van der Waals surface area (Å²) in [5.74, 6) is 1.30. The third kappa shape index (κ3) is 6.83. The number of halogens is 1. The average Bonchev–Trinajstić information content (AvgIpc) is 3.21. The van der Waals surface area contributed by atoms with E-state index in [2.05, 4.69) is 24.5 Å². The van der Waals surface area contributed by atoms with Crippen LogP contribution in [0, 0.1) is 5.92 Å². The first-order valence-corrected chi connectivity index (χ1v) is 10.7. The van der Waals surface area contributed by atoms with Crippen molar-refractivity contribution in [2.24, 2.45) is 5.92 Å². The lowest BCUT2D eigenvalue weighted by Crippen LogP contribution is -2.27. The number of carbonyl (C=O) groups excluding carboxylic acids is 1. The maximum Gasteiger partial charge on any atom is 0.221 e. The number of nitrogens with one attached hydrogen (secondary N) is 2. The molecule has 148 valence electrons. The number of rotatable bonds is 11. The van der Waals surface area contributed by atoms with Crippen molar-refractivity contribution in [1.82, 2.24) is 10.6 Å². The average molecular weight is 409 g/mol. The first-order chi connectivity index (χ1) is 13.1. The van der Waals surface area contributed by atoms with E-state index in [1.54, 1.807) is 18.4 Å². The summed E-state index contributed by atoms with van der Waals surface area (Å²) in [6.07, 6.45) is 2.61. The van der Waals surface area contributed by atoms with Crippen LogP contribution in [-0.2, 0) is 11.3 Å². The van der Waals surface area contributed by atoms with Crippen LogP contribution in [0.2, 0.25) is 5.02 Å². The van der Waals surface area contributed by atoms with E-state index in [9.17, 15) is 4.79 Å². The summed E-state index contributed by atoms with van der Waals surface area (Å²) >= 11 is 8.06. The zero-order valence-electron chi connectivity index (χ0n) is 16.3. The zero-order chi connectivity index (χ0) is 19.6. The summed E-state index contributed by atoms with van der Waals surface area (Å²) in [6, 6.07) is 9.92. The largest absolute Gasteiger partial charge is 0.492 e. The molecule has 0 saturated carbocycles. The van der Waals surface area contributed by atoms with Crippen molar-refractivity contribution >= 4 is 28.8 Å². The second-order valence-corrected chi connectivity index (χ2v) is 7.97. The first kappa shape index (κ1) is 21.7. The van der Waals surface area contributed by atoms with E-state index in [4.69, 9.17) is 16.3 Å². The minimum atomic E-state index is -0.0190. The van der Waals surface area contributed by atoms with E-state index in [1.165, 1.54) is 0 Å². The molecule has 1 atom stereocenters. The Hall–Kier alpha value is -1.56. The molecule has 0 bridgehead atoms. The molecular formula is C21H29ClN2O2S. The maximum atomic E-state index is 11.8. The Morgan fingerprint density at radius 2 is 2.04 bits per heavy atom. The molecule has 6 heteroatoms. The Kier molecular flexibility index (Phi) is 9.11. The molecule has 0 aliphatic carbocycles. The fourth-order valence-electron chi connectivity index (χ4n) is 2.79. The molecule has 0 spiro atoms. The third-order valence-electron chi connectivity index (χ3n) is 4.73. The molecule has 0 aliphatic heterocycles. The highest BCUT2D eigenvalue weighted by atomic mass is 35.5. The third-order valence-corrected chi connectivity index (χ3v) is 6.01. The van der Waals surface area contributed by atoms with E-state index < -0.39 is 0 Å². The number of benzene rings is 1. The van der Waals surface area contributed by atoms with Gasteiger partial charge in [0.1, 0.15) is 5.75 Å². The van der Waals surface area contributed by atoms with Gasteiger partial charge in [-0.1, -0.05) is 50.4 Å². The number of hydrogen-bond acceptors (Lipinski definition) is 4. The standard InChI is InChI=1S/C21H29ClN2O2S/c1-4-15(5-2)14-26-19-9-8-16(11-17(19)22)13-24-18(12-21(25)23-3)20-7-6-10-27-20/h6-11,15,18,24H,4-5,12-14H2,1-3H3,(H,23,25). The molecule has 0 saturated heterocycles. The molecule has 2 rings (SSSR count). The van der Waals surface area contributed by atoms with Crippen LogP contribution in [0.5, 0.6) is 5.75 Å². The molecule has 1 heterocycles. The van der Waals surface area contributed by atoms with Gasteiger partial charge in [0.25, 0.3) is 0 Å². The number of hydrogen-bond donors (Lipinski definition) is 2. The molecular weight excluding hydrogens is 380 g/mol. The molecule has 1 amide bonds. The van der Waals surface area contributed by atoms with Gasteiger partial charge in [0.15, 0.2) is 0 Å². The van der Waals surface area contributed by atoms with Gasteiger partial charge in [0, 0.05) is 24.9 Å². The quantitative estimate of drug-likeness (QED) is 0.538. The Balaban J connectivity index is 1.97.